The molecule has 12 heavy (non-hydrogen) atoms. The van der Waals surface area contributed by atoms with Gasteiger partial charge in [-0.3, -0.25) is 0 Å². The Hall–Kier alpha value is -1.25. The Morgan fingerprint density at radius 1 is 1.50 bits per heavy atom. The molecule has 0 aliphatic rings. The second kappa shape index (κ2) is 3.43. The molecule has 0 fully saturated rings. The van der Waals surface area contributed by atoms with Crippen LogP contribution in [0.25, 0.3) is 0 Å². The molecule has 0 N–H and O–H groups in total. The number of aryl methyl sites for hydroxylation is 1. The van der Waals surface area contributed by atoms with Gasteiger partial charge in [0.2, 0.25) is 0 Å². The van der Waals surface area contributed by atoms with Crippen LogP contribution in [0.3, 0.4) is 0 Å². The Kier molecular flexibility index (Phi) is 2.53. The minimum atomic E-state index is -0.267. The van der Waals surface area contributed by atoms with E-state index in [9.17, 15) is 4.79 Å². The van der Waals surface area contributed by atoms with Crippen molar-refractivity contribution in [2.24, 2.45) is 0 Å². The van der Waals surface area contributed by atoms with Crippen LogP contribution in [0, 0.1) is 6.92 Å². The van der Waals surface area contributed by atoms with Crippen molar-refractivity contribution in [2.45, 2.75) is 6.92 Å². The summed E-state index contributed by atoms with van der Waals surface area (Å²) in [6, 6.07) is 5.73. The molecule has 62 valence electrons. The maximum Gasteiger partial charge on any atom is 0.338 e. The van der Waals surface area contributed by atoms with Crippen molar-refractivity contribution in [3.63, 3.8) is 0 Å². The average Bonchev–Trinajstić information content (AvgIpc) is 2.08. The van der Waals surface area contributed by atoms with E-state index in [1.807, 2.05) is 33.0 Å². The molecular formula is C9H11BO2. The van der Waals surface area contributed by atoms with Gasteiger partial charge >= 0.3 is 5.97 Å². The van der Waals surface area contributed by atoms with Crippen molar-refractivity contribution >= 4 is 19.3 Å². The van der Waals surface area contributed by atoms with E-state index < -0.39 is 0 Å². The van der Waals surface area contributed by atoms with Gasteiger partial charge < -0.3 is 4.74 Å². The van der Waals surface area contributed by atoms with Gasteiger partial charge in [0.05, 0.1) is 12.7 Å². The van der Waals surface area contributed by atoms with E-state index >= 15 is 0 Å². The van der Waals surface area contributed by atoms with Crippen LogP contribution in [0.4, 0.5) is 0 Å². The maximum atomic E-state index is 11.2. The smallest absolute Gasteiger partial charge is 0.338 e. The Morgan fingerprint density at radius 2 is 2.17 bits per heavy atom. The third kappa shape index (κ3) is 1.67. The summed E-state index contributed by atoms with van der Waals surface area (Å²) in [6.07, 6.45) is 0. The summed E-state index contributed by atoms with van der Waals surface area (Å²) >= 11 is 0. The van der Waals surface area contributed by atoms with Gasteiger partial charge in [-0.2, -0.15) is 0 Å². The Labute approximate surface area is 73.0 Å². The zero-order valence-electron chi connectivity index (χ0n) is 7.55. The number of ether oxygens (including phenoxy) is 1. The maximum absolute atomic E-state index is 11.2. The quantitative estimate of drug-likeness (QED) is 0.430. The van der Waals surface area contributed by atoms with Crippen LogP contribution in [0.1, 0.15) is 15.9 Å². The number of carbonyl (C=O) groups excluding carboxylic acids is 1. The highest BCUT2D eigenvalue weighted by atomic mass is 16.5. The molecule has 0 saturated carbocycles. The van der Waals surface area contributed by atoms with Gasteiger partial charge in [0.25, 0.3) is 0 Å². The minimum absolute atomic E-state index is 0.267. The Bertz CT molecular complexity index is 307. The molecule has 0 unspecified atom stereocenters. The molecule has 0 aliphatic heterocycles. The molecule has 0 atom stereocenters. The first-order chi connectivity index (χ1) is 5.65. The molecule has 0 radical (unpaired) electrons. The van der Waals surface area contributed by atoms with Crippen molar-refractivity contribution in [1.82, 2.24) is 0 Å². The van der Waals surface area contributed by atoms with Crippen molar-refractivity contribution in [3.8, 4) is 0 Å². The zero-order valence-corrected chi connectivity index (χ0v) is 7.55. The predicted octanol–water partition coefficient (Wildman–Crippen LogP) is 0.0400. The van der Waals surface area contributed by atoms with Crippen LogP contribution in [0.15, 0.2) is 18.2 Å². The predicted molar refractivity (Wildman–Crippen MR) is 50.7 cm³/mol. The number of methoxy groups -OCH3 is 1. The first kappa shape index (κ1) is 8.85. The molecule has 3 heteroatoms. The molecule has 0 amide bonds. The van der Waals surface area contributed by atoms with Crippen molar-refractivity contribution in [2.75, 3.05) is 7.11 Å². The molecule has 0 aliphatic carbocycles. The number of benzene rings is 1. The number of hydrogen-bond acceptors (Lipinski definition) is 2. The van der Waals surface area contributed by atoms with E-state index in [4.69, 9.17) is 0 Å². The van der Waals surface area contributed by atoms with Crippen LogP contribution >= 0.6 is 0 Å². The molecule has 0 heterocycles. The standard InChI is InChI=1S/C9H11BO2/c1-6-3-4-7(10)5-8(6)9(11)12-2/h3-5H,10H2,1-2H3. The normalized spacial score (nSPS) is 9.50. The van der Waals surface area contributed by atoms with Gasteiger partial charge in [0, 0.05) is 0 Å². The summed E-state index contributed by atoms with van der Waals surface area (Å²) in [4.78, 5) is 11.2. The lowest BCUT2D eigenvalue weighted by atomic mass is 9.92. The summed E-state index contributed by atoms with van der Waals surface area (Å²) in [6.45, 7) is 1.89. The molecule has 2 nitrogen and oxygen atoms in total. The molecular weight excluding hydrogens is 151 g/mol. The average molecular weight is 162 g/mol. The summed E-state index contributed by atoms with van der Waals surface area (Å²) in [5, 5.41) is 0. The van der Waals surface area contributed by atoms with E-state index in [1.165, 1.54) is 7.11 Å². The largest absolute Gasteiger partial charge is 0.465 e. The van der Waals surface area contributed by atoms with Gasteiger partial charge in [0.1, 0.15) is 7.85 Å². The van der Waals surface area contributed by atoms with Crippen LogP contribution in [0.5, 0.6) is 0 Å². The van der Waals surface area contributed by atoms with Crippen LogP contribution < -0.4 is 5.46 Å². The molecule has 0 spiro atoms. The molecule has 1 aromatic carbocycles. The van der Waals surface area contributed by atoms with Crippen molar-refractivity contribution in [1.29, 1.82) is 0 Å². The lowest BCUT2D eigenvalue weighted by molar-refractivity contribution is 0.0600. The third-order valence-electron chi connectivity index (χ3n) is 1.80. The summed E-state index contributed by atoms with van der Waals surface area (Å²) in [7, 11) is 3.34. The highest BCUT2D eigenvalue weighted by molar-refractivity contribution is 6.32. The first-order valence-electron chi connectivity index (χ1n) is 3.80. The topological polar surface area (TPSA) is 26.3 Å². The minimum Gasteiger partial charge on any atom is -0.465 e. The van der Waals surface area contributed by atoms with Gasteiger partial charge in [-0.1, -0.05) is 23.7 Å². The number of carbonyl (C=O) groups is 1. The summed E-state index contributed by atoms with van der Waals surface area (Å²) < 4.78 is 4.63. The van der Waals surface area contributed by atoms with E-state index in [-0.39, 0.29) is 5.97 Å². The van der Waals surface area contributed by atoms with Gasteiger partial charge in [-0.15, -0.1) is 0 Å². The van der Waals surface area contributed by atoms with E-state index in [1.54, 1.807) is 0 Å². The fraction of sp³-hybridized carbons (Fsp3) is 0.222. The fourth-order valence-electron chi connectivity index (χ4n) is 1.07. The summed E-state index contributed by atoms with van der Waals surface area (Å²) in [5.74, 6) is -0.267. The van der Waals surface area contributed by atoms with Gasteiger partial charge in [-0.05, 0) is 12.5 Å². The van der Waals surface area contributed by atoms with Crippen molar-refractivity contribution in [3.05, 3.63) is 29.3 Å². The second-order valence-electron chi connectivity index (χ2n) is 2.81. The van der Waals surface area contributed by atoms with Gasteiger partial charge in [0.15, 0.2) is 0 Å². The highest BCUT2D eigenvalue weighted by Crippen LogP contribution is 2.05. The van der Waals surface area contributed by atoms with E-state index in [0.29, 0.717) is 5.56 Å². The SMILES string of the molecule is Bc1ccc(C)c(C(=O)OC)c1. The number of hydrogen-bond donors (Lipinski definition) is 0. The van der Waals surface area contributed by atoms with E-state index in [0.717, 1.165) is 11.0 Å². The van der Waals surface area contributed by atoms with Crippen molar-refractivity contribution < 1.29 is 9.53 Å². The number of esters is 1. The Morgan fingerprint density at radius 3 is 2.75 bits per heavy atom. The van der Waals surface area contributed by atoms with Crippen LogP contribution in [0.2, 0.25) is 0 Å². The zero-order chi connectivity index (χ0) is 9.14. The monoisotopic (exact) mass is 162 g/mol. The fourth-order valence-corrected chi connectivity index (χ4v) is 1.07. The second-order valence-corrected chi connectivity index (χ2v) is 2.81. The van der Waals surface area contributed by atoms with Crippen LogP contribution in [-0.2, 0) is 4.74 Å². The molecule has 0 saturated heterocycles. The molecule has 1 rings (SSSR count). The highest BCUT2D eigenvalue weighted by Gasteiger charge is 2.07. The molecule has 0 bridgehead atoms. The molecule has 0 aromatic heterocycles. The first-order valence-corrected chi connectivity index (χ1v) is 3.80. The molecule has 1 aromatic rings. The third-order valence-corrected chi connectivity index (χ3v) is 1.80. The van der Waals surface area contributed by atoms with Gasteiger partial charge in [-0.25, -0.2) is 4.79 Å². The lowest BCUT2D eigenvalue weighted by Crippen LogP contribution is -2.10. The summed E-state index contributed by atoms with van der Waals surface area (Å²) in [5.41, 5.74) is 2.67. The number of rotatable bonds is 1. The van der Waals surface area contributed by atoms with E-state index in [2.05, 4.69) is 4.74 Å². The lowest BCUT2D eigenvalue weighted by Gasteiger charge is -2.03. The Balaban J connectivity index is 3.13. The van der Waals surface area contributed by atoms with Crippen LogP contribution in [-0.4, -0.2) is 20.9 Å².